The van der Waals surface area contributed by atoms with Gasteiger partial charge in [0.2, 0.25) is 0 Å². The van der Waals surface area contributed by atoms with Crippen LogP contribution in [-0.4, -0.2) is 118 Å². The van der Waals surface area contributed by atoms with Crippen LogP contribution in [0, 0.1) is 11.8 Å². The third-order valence-electron chi connectivity index (χ3n) is 9.80. The highest BCUT2D eigenvalue weighted by Gasteiger charge is 2.62. The molecule has 12 atom stereocenters. The summed E-state index contributed by atoms with van der Waals surface area (Å²) in [5, 5.41) is 21.4. The Morgan fingerprint density at radius 1 is 0.714 bits per heavy atom. The molecule has 22 heteroatoms. The highest BCUT2D eigenvalue weighted by Crippen LogP contribution is 2.68. The van der Waals surface area contributed by atoms with Crippen molar-refractivity contribution in [3.63, 3.8) is 0 Å². The molecule has 0 amide bonds. The molecule has 6 rings (SSSR count). The van der Waals surface area contributed by atoms with Gasteiger partial charge in [0.05, 0.1) is 44.3 Å². The normalized spacial score (nSPS) is 32.1. The van der Waals surface area contributed by atoms with Crippen LogP contribution in [0.1, 0.15) is 67.8 Å². The fraction of sp³-hybridized carbons (Fsp3) is 0.765. The maximum Gasteiger partial charge on any atom is 0.334 e. The number of hydrogen-bond acceptors (Lipinski definition) is 16. The van der Waals surface area contributed by atoms with E-state index in [4.69, 9.17) is 48.8 Å². The van der Waals surface area contributed by atoms with Gasteiger partial charge in [0, 0.05) is 56.2 Å². The largest absolute Gasteiger partial charge is 0.387 e. The number of ether oxygens (including phenoxy) is 4. The first-order valence-corrected chi connectivity index (χ1v) is 22.2. The highest BCUT2D eigenvalue weighted by atomic mass is 32.5. The smallest absolute Gasteiger partial charge is 0.334 e. The third-order valence-corrected chi connectivity index (χ3v) is 16.5. The molecule has 0 spiro atoms. The van der Waals surface area contributed by atoms with Gasteiger partial charge in [0.25, 0.3) is 11.1 Å². The molecule has 2 aliphatic heterocycles. The van der Waals surface area contributed by atoms with Crippen molar-refractivity contribution in [1.82, 2.24) is 19.1 Å². The van der Waals surface area contributed by atoms with Gasteiger partial charge < -0.3 is 47.3 Å². The van der Waals surface area contributed by atoms with Gasteiger partial charge in [-0.3, -0.25) is 33.3 Å². The molecule has 2 aliphatic carbocycles. The lowest BCUT2D eigenvalue weighted by Gasteiger charge is -2.23. The Balaban J connectivity index is 0.000000290. The number of hydrogen-bond donors (Lipinski definition) is 4. The Hall–Kier alpha value is -2.16. The molecule has 19 nitrogen and oxygen atoms in total. The SMILES string of the molecule is C.C.CCOP(=O)(OCC)C1CC1[C@H]1O[C@@H](n2ccc(=O)[nH]c2=O)C(OC)[C@H]1O.CCOP(=S)(OCC)C1CC1[C@H]1O[C@@H](n2ccc(=O)[nH]c2=O)C(OC)[C@H]1O. The summed E-state index contributed by atoms with van der Waals surface area (Å²) < 4.78 is 60.3. The summed E-state index contributed by atoms with van der Waals surface area (Å²) in [6, 6.07) is 2.41. The van der Waals surface area contributed by atoms with Crippen molar-refractivity contribution in [1.29, 1.82) is 0 Å². The molecule has 6 unspecified atom stereocenters. The van der Waals surface area contributed by atoms with Crippen LogP contribution in [0.25, 0.3) is 0 Å². The molecule has 0 radical (unpaired) electrons. The lowest BCUT2D eigenvalue weighted by Crippen LogP contribution is -2.38. The first kappa shape index (κ1) is 48.2. The number of aromatic nitrogens is 4. The van der Waals surface area contributed by atoms with E-state index in [0.29, 0.717) is 19.6 Å². The first-order valence-electron chi connectivity index (χ1n) is 17.8. The minimum Gasteiger partial charge on any atom is -0.387 e. The summed E-state index contributed by atoms with van der Waals surface area (Å²) in [5.41, 5.74) is -2.70. The Morgan fingerprint density at radius 3 is 1.45 bits per heavy atom. The van der Waals surface area contributed by atoms with Gasteiger partial charge in [-0.25, -0.2) is 9.59 Å². The lowest BCUT2D eigenvalue weighted by molar-refractivity contribution is -0.0572. The van der Waals surface area contributed by atoms with Crippen molar-refractivity contribution in [3.05, 3.63) is 66.2 Å². The fourth-order valence-electron chi connectivity index (χ4n) is 7.28. The quantitative estimate of drug-likeness (QED) is 0.177. The van der Waals surface area contributed by atoms with Gasteiger partial charge in [-0.05, 0) is 52.3 Å². The average molecular weight is 857 g/mol. The molecule has 4 aliphatic rings. The summed E-state index contributed by atoms with van der Waals surface area (Å²) in [6.45, 7) is 6.19. The maximum atomic E-state index is 12.9. The number of nitrogens with one attached hydrogen (secondary N) is 2. The molecule has 2 saturated carbocycles. The van der Waals surface area contributed by atoms with Gasteiger partial charge in [0.15, 0.2) is 18.9 Å². The van der Waals surface area contributed by atoms with E-state index in [0.717, 1.165) is 6.42 Å². The second-order valence-electron chi connectivity index (χ2n) is 13.1. The molecule has 0 bridgehead atoms. The van der Waals surface area contributed by atoms with Gasteiger partial charge in [-0.2, -0.15) is 0 Å². The number of aliphatic hydroxyl groups excluding tert-OH is 2. The summed E-state index contributed by atoms with van der Waals surface area (Å²) in [5.74, 6) is -0.282. The van der Waals surface area contributed by atoms with Crippen molar-refractivity contribution >= 4 is 25.9 Å². The molecule has 56 heavy (non-hydrogen) atoms. The Morgan fingerprint density at radius 2 is 1.09 bits per heavy atom. The van der Waals surface area contributed by atoms with Crippen molar-refractivity contribution in [2.24, 2.45) is 11.8 Å². The zero-order valence-corrected chi connectivity index (χ0v) is 33.5. The van der Waals surface area contributed by atoms with E-state index in [-0.39, 0.29) is 51.2 Å². The monoisotopic (exact) mass is 856 g/mol. The molecule has 2 saturated heterocycles. The van der Waals surface area contributed by atoms with Crippen molar-refractivity contribution in [3.8, 4) is 0 Å². The number of nitrogens with zero attached hydrogens (tertiary/aromatic N) is 2. The summed E-state index contributed by atoms with van der Waals surface area (Å²) >= 11 is 5.66. The number of rotatable bonds is 16. The second kappa shape index (κ2) is 20.2. The summed E-state index contributed by atoms with van der Waals surface area (Å²) in [4.78, 5) is 51.1. The van der Waals surface area contributed by atoms with E-state index in [1.807, 2.05) is 13.8 Å². The van der Waals surface area contributed by atoms with Gasteiger partial charge in [0.1, 0.15) is 24.4 Å². The van der Waals surface area contributed by atoms with Crippen LogP contribution in [0.3, 0.4) is 0 Å². The zero-order chi connectivity index (χ0) is 39.5. The first-order chi connectivity index (χ1) is 25.7. The average Bonchev–Trinajstić information content (AvgIpc) is 4.04. The van der Waals surface area contributed by atoms with E-state index >= 15 is 0 Å². The summed E-state index contributed by atoms with van der Waals surface area (Å²) in [7, 11) is -0.454. The van der Waals surface area contributed by atoms with Crippen LogP contribution < -0.4 is 22.5 Å². The topological polar surface area (TPSA) is 241 Å². The second-order valence-corrected chi connectivity index (χ2v) is 19.1. The molecular formula is C34H58N4O15P2S. The lowest BCUT2D eigenvalue weighted by atomic mass is 10.1. The molecule has 2 aromatic heterocycles. The minimum absolute atomic E-state index is 0. The van der Waals surface area contributed by atoms with Crippen LogP contribution in [0.15, 0.2) is 43.7 Å². The number of aromatic amines is 2. The molecule has 4 fully saturated rings. The maximum absolute atomic E-state index is 12.9. The van der Waals surface area contributed by atoms with Crippen LogP contribution >= 0.6 is 14.1 Å². The minimum atomic E-state index is -3.30. The Kier molecular flexibility index (Phi) is 17.4. The van der Waals surface area contributed by atoms with E-state index in [1.54, 1.807) is 13.8 Å². The Bertz CT molecular complexity index is 1770. The van der Waals surface area contributed by atoms with Gasteiger partial charge in [-0.1, -0.05) is 14.9 Å². The van der Waals surface area contributed by atoms with E-state index in [1.165, 1.54) is 47.9 Å². The standard InChI is InChI=1S/C16H25N2O8P.C16H25N2O7PS.2CH4/c1-4-24-27(22,25-5-2)10-8-9(10)13-12(20)14(23-3)15(26-13)18-7-6-11(19)17-16(18)21;1-4-23-26(27,24-5-2)10-8-9(10)13-12(20)14(22-3)15(25-13)18-7-6-11(19)17-16(18)21;;/h2*6-7,9-10,12-15,20H,4-5,8H2,1-3H3,(H,17,19,21);2*1H4/t2*9?,10?,12-,13+,14?,15+;;/m00../s1. The summed E-state index contributed by atoms with van der Waals surface area (Å²) in [6.07, 6.45) is -2.71. The van der Waals surface area contributed by atoms with Gasteiger partial charge in [-0.15, -0.1) is 0 Å². The van der Waals surface area contributed by atoms with E-state index in [9.17, 15) is 34.0 Å². The molecule has 4 heterocycles. The molecular weight excluding hydrogens is 798 g/mol. The predicted molar refractivity (Wildman–Crippen MR) is 210 cm³/mol. The number of methoxy groups -OCH3 is 2. The predicted octanol–water partition coefficient (Wildman–Crippen LogP) is 2.32. The number of H-pyrrole nitrogens is 2. The van der Waals surface area contributed by atoms with Crippen molar-refractivity contribution in [2.75, 3.05) is 40.6 Å². The van der Waals surface area contributed by atoms with Crippen LogP contribution in [0.4, 0.5) is 0 Å². The van der Waals surface area contributed by atoms with Crippen LogP contribution in [0.5, 0.6) is 0 Å². The van der Waals surface area contributed by atoms with Crippen LogP contribution in [-0.2, 0) is 53.4 Å². The van der Waals surface area contributed by atoms with Crippen molar-refractivity contribution in [2.45, 2.75) is 116 Å². The van der Waals surface area contributed by atoms with Crippen LogP contribution in [0.2, 0.25) is 0 Å². The fourth-order valence-corrected chi connectivity index (χ4v) is 13.3. The highest BCUT2D eigenvalue weighted by molar-refractivity contribution is 8.10. The van der Waals surface area contributed by atoms with Crippen molar-refractivity contribution < 1.29 is 51.8 Å². The number of aliphatic hydroxyl groups is 2. The molecule has 0 aromatic carbocycles. The third kappa shape index (κ3) is 9.99. The molecule has 2 aromatic rings. The Labute approximate surface area is 330 Å². The van der Waals surface area contributed by atoms with E-state index < -0.39 is 85.7 Å². The van der Waals surface area contributed by atoms with Gasteiger partial charge >= 0.3 is 19.0 Å². The molecule has 4 N–H and O–H groups in total. The zero-order valence-electron chi connectivity index (χ0n) is 30.9. The molecule has 320 valence electrons. The van der Waals surface area contributed by atoms with E-state index in [2.05, 4.69) is 9.97 Å².